The van der Waals surface area contributed by atoms with E-state index in [2.05, 4.69) is 15.6 Å². The molecule has 2 heterocycles. The number of benzene rings is 3. The van der Waals surface area contributed by atoms with Crippen LogP contribution < -0.4 is 14.9 Å². The zero-order valence-corrected chi connectivity index (χ0v) is 23.3. The average Bonchev–Trinajstić information content (AvgIpc) is 3.21. The molecule has 0 aliphatic carbocycles. The van der Waals surface area contributed by atoms with Crippen molar-refractivity contribution in [1.82, 2.24) is 9.88 Å². The molecule has 1 aliphatic heterocycles. The standard InChI is InChI=1S/C29H28ClN5O3S/c1-34(2)15-16-35(39(3,37)38)23-11-9-22(10-12-23)32-28(20-7-6-19-5-4-14-31-25(19)17-20)27-24-13-8-21(30)18-26(24)33-29(27)36/h4-14,17-18,32H,15-16H2,1-3H3,(H,33,36)/b28-27-. The molecule has 0 radical (unpaired) electrons. The maximum Gasteiger partial charge on any atom is 0.258 e. The quantitative estimate of drug-likeness (QED) is 0.289. The zero-order valence-electron chi connectivity index (χ0n) is 21.8. The summed E-state index contributed by atoms with van der Waals surface area (Å²) >= 11 is 6.18. The summed E-state index contributed by atoms with van der Waals surface area (Å²) in [5.74, 6) is -0.251. The fourth-order valence-corrected chi connectivity index (χ4v) is 5.62. The molecule has 1 aromatic heterocycles. The molecule has 0 bridgehead atoms. The van der Waals surface area contributed by atoms with Gasteiger partial charge in [0, 0.05) is 46.5 Å². The van der Waals surface area contributed by atoms with Gasteiger partial charge in [-0.15, -0.1) is 0 Å². The Balaban J connectivity index is 1.58. The highest BCUT2D eigenvalue weighted by molar-refractivity contribution is 7.92. The van der Waals surface area contributed by atoms with Crippen molar-refractivity contribution in [3.63, 3.8) is 0 Å². The molecular weight excluding hydrogens is 534 g/mol. The number of rotatable bonds is 8. The minimum atomic E-state index is -3.46. The number of sulfonamides is 1. The van der Waals surface area contributed by atoms with Crippen molar-refractivity contribution in [3.8, 4) is 0 Å². The van der Waals surface area contributed by atoms with Gasteiger partial charge in [0.1, 0.15) is 0 Å². The van der Waals surface area contributed by atoms with Crippen LogP contribution in [-0.2, 0) is 14.8 Å². The molecule has 4 aromatic rings. The van der Waals surface area contributed by atoms with Gasteiger partial charge in [-0.25, -0.2) is 8.42 Å². The largest absolute Gasteiger partial charge is 0.354 e. The van der Waals surface area contributed by atoms with Crippen LogP contribution in [0.5, 0.6) is 0 Å². The van der Waals surface area contributed by atoms with E-state index in [1.807, 2.05) is 55.4 Å². The summed E-state index contributed by atoms with van der Waals surface area (Å²) < 4.78 is 26.3. The van der Waals surface area contributed by atoms with Gasteiger partial charge >= 0.3 is 0 Å². The lowest BCUT2D eigenvalue weighted by molar-refractivity contribution is -0.110. The third-order valence-electron chi connectivity index (χ3n) is 6.45. The lowest BCUT2D eigenvalue weighted by Crippen LogP contribution is -2.35. The van der Waals surface area contributed by atoms with Crippen LogP contribution >= 0.6 is 11.6 Å². The molecule has 39 heavy (non-hydrogen) atoms. The van der Waals surface area contributed by atoms with Gasteiger partial charge in [-0.05, 0) is 62.6 Å². The maximum atomic E-state index is 13.2. The normalized spacial score (nSPS) is 14.3. The van der Waals surface area contributed by atoms with Crippen molar-refractivity contribution >= 4 is 66.8 Å². The van der Waals surface area contributed by atoms with Gasteiger partial charge < -0.3 is 15.5 Å². The molecule has 1 amide bonds. The SMILES string of the molecule is CN(C)CCN(c1ccc(N/C(=C2\C(=O)Nc3cc(Cl)ccc32)c2ccc3cccnc3c2)cc1)S(C)(=O)=O. The first-order valence-electron chi connectivity index (χ1n) is 12.3. The minimum Gasteiger partial charge on any atom is -0.354 e. The highest BCUT2D eigenvalue weighted by Gasteiger charge is 2.29. The van der Waals surface area contributed by atoms with Crippen molar-refractivity contribution < 1.29 is 13.2 Å². The summed E-state index contributed by atoms with van der Waals surface area (Å²) in [4.78, 5) is 19.7. The van der Waals surface area contributed by atoms with Gasteiger partial charge in [0.25, 0.3) is 5.91 Å². The molecule has 0 unspecified atom stereocenters. The number of halogens is 1. The number of anilines is 3. The number of carbonyl (C=O) groups is 1. The summed E-state index contributed by atoms with van der Waals surface area (Å²) in [6.45, 7) is 0.912. The summed E-state index contributed by atoms with van der Waals surface area (Å²) in [6.07, 6.45) is 2.93. The number of nitrogens with zero attached hydrogens (tertiary/aromatic N) is 3. The Labute approximate surface area is 233 Å². The number of likely N-dealkylation sites (N-methyl/N-ethyl adjacent to an activating group) is 1. The number of fused-ring (bicyclic) bond motifs is 2. The number of hydrogen-bond acceptors (Lipinski definition) is 6. The summed E-state index contributed by atoms with van der Waals surface area (Å²) in [5.41, 5.74) is 5.28. The molecule has 0 saturated heterocycles. The van der Waals surface area contributed by atoms with Crippen molar-refractivity contribution in [3.05, 3.63) is 95.1 Å². The van der Waals surface area contributed by atoms with Gasteiger partial charge in [-0.2, -0.15) is 0 Å². The Bertz CT molecular complexity index is 1700. The first-order valence-corrected chi connectivity index (χ1v) is 14.5. The Morgan fingerprint density at radius 3 is 2.49 bits per heavy atom. The third kappa shape index (κ3) is 5.75. The minimum absolute atomic E-state index is 0.251. The van der Waals surface area contributed by atoms with Crippen LogP contribution in [0, 0.1) is 0 Å². The molecule has 0 atom stereocenters. The van der Waals surface area contributed by atoms with Crippen molar-refractivity contribution in [2.45, 2.75) is 0 Å². The molecule has 8 nitrogen and oxygen atoms in total. The fraction of sp³-hybridized carbons (Fsp3) is 0.172. The maximum absolute atomic E-state index is 13.2. The van der Waals surface area contributed by atoms with Gasteiger partial charge in [0.15, 0.2) is 0 Å². The first kappa shape index (κ1) is 26.7. The van der Waals surface area contributed by atoms with Gasteiger partial charge in [0.05, 0.1) is 34.4 Å². The van der Waals surface area contributed by atoms with Crippen LogP contribution in [0.25, 0.3) is 22.2 Å². The van der Waals surface area contributed by atoms with E-state index in [0.717, 1.165) is 22.0 Å². The molecule has 200 valence electrons. The molecule has 1 aliphatic rings. The second-order valence-electron chi connectivity index (χ2n) is 9.62. The Kier molecular flexibility index (Phi) is 7.31. The monoisotopic (exact) mass is 561 g/mol. The van der Waals surface area contributed by atoms with E-state index in [1.165, 1.54) is 10.6 Å². The van der Waals surface area contributed by atoms with Crippen LogP contribution in [0.3, 0.4) is 0 Å². The molecule has 0 fully saturated rings. The number of aromatic nitrogens is 1. The van der Waals surface area contributed by atoms with Crippen LogP contribution in [0.1, 0.15) is 11.1 Å². The van der Waals surface area contributed by atoms with E-state index < -0.39 is 10.0 Å². The Morgan fingerprint density at radius 2 is 1.77 bits per heavy atom. The molecule has 0 spiro atoms. The second-order valence-corrected chi connectivity index (χ2v) is 12.0. The second kappa shape index (κ2) is 10.7. The summed E-state index contributed by atoms with van der Waals surface area (Å²) in [5, 5.41) is 7.85. The lowest BCUT2D eigenvalue weighted by atomic mass is 9.99. The number of nitrogens with one attached hydrogen (secondary N) is 2. The number of hydrogen-bond donors (Lipinski definition) is 2. The molecule has 10 heteroatoms. The molecular formula is C29H28ClN5O3S. The highest BCUT2D eigenvalue weighted by Crippen LogP contribution is 2.39. The molecule has 5 rings (SSSR count). The summed E-state index contributed by atoms with van der Waals surface area (Å²) in [6, 6.07) is 22.1. The number of amides is 1. The topological polar surface area (TPSA) is 94.6 Å². The van der Waals surface area contributed by atoms with E-state index in [9.17, 15) is 13.2 Å². The van der Waals surface area contributed by atoms with Gasteiger partial charge in [0.2, 0.25) is 10.0 Å². The zero-order chi connectivity index (χ0) is 27.7. The Hall–Kier alpha value is -3.92. The first-order chi connectivity index (χ1) is 18.6. The van der Waals surface area contributed by atoms with E-state index >= 15 is 0 Å². The van der Waals surface area contributed by atoms with Crippen LogP contribution in [-0.4, -0.2) is 57.6 Å². The van der Waals surface area contributed by atoms with Crippen molar-refractivity contribution in [2.24, 2.45) is 0 Å². The lowest BCUT2D eigenvalue weighted by Gasteiger charge is -2.24. The predicted molar refractivity (Wildman–Crippen MR) is 159 cm³/mol. The molecule has 0 saturated carbocycles. The highest BCUT2D eigenvalue weighted by atomic mass is 35.5. The van der Waals surface area contributed by atoms with E-state index in [1.54, 1.807) is 42.6 Å². The van der Waals surface area contributed by atoms with Crippen molar-refractivity contribution in [1.29, 1.82) is 0 Å². The average molecular weight is 562 g/mol. The molecule has 2 N–H and O–H groups in total. The third-order valence-corrected chi connectivity index (χ3v) is 7.88. The van der Waals surface area contributed by atoms with Crippen LogP contribution in [0.4, 0.5) is 17.1 Å². The summed E-state index contributed by atoms with van der Waals surface area (Å²) in [7, 11) is 0.333. The smallest absolute Gasteiger partial charge is 0.258 e. The van der Waals surface area contributed by atoms with Gasteiger partial charge in [-0.3, -0.25) is 14.1 Å². The molecule has 3 aromatic carbocycles. The van der Waals surface area contributed by atoms with Gasteiger partial charge in [-0.1, -0.05) is 35.9 Å². The van der Waals surface area contributed by atoms with E-state index in [0.29, 0.717) is 46.4 Å². The Morgan fingerprint density at radius 1 is 1.00 bits per heavy atom. The van der Waals surface area contributed by atoms with E-state index in [4.69, 9.17) is 11.6 Å². The number of carbonyl (C=O) groups excluding carboxylic acids is 1. The van der Waals surface area contributed by atoms with Crippen molar-refractivity contribution in [2.75, 3.05) is 48.4 Å². The predicted octanol–water partition coefficient (Wildman–Crippen LogP) is 5.15. The van der Waals surface area contributed by atoms with Crippen LogP contribution in [0.2, 0.25) is 5.02 Å². The van der Waals surface area contributed by atoms with E-state index in [-0.39, 0.29) is 5.91 Å². The number of pyridine rings is 1. The van der Waals surface area contributed by atoms with Crippen LogP contribution in [0.15, 0.2) is 79.0 Å². The fourth-order valence-electron chi connectivity index (χ4n) is 4.53.